The van der Waals surface area contributed by atoms with E-state index in [-0.39, 0.29) is 25.7 Å². The molecule has 0 aromatic carbocycles. The third kappa shape index (κ3) is 61.6. The summed E-state index contributed by atoms with van der Waals surface area (Å²) in [6.07, 6.45) is 40.7. The Balaban J connectivity index is 5.17. The fraction of sp³-hybridized carbons (Fsp3) is 0.942. The zero-order valence-electron chi connectivity index (χ0n) is 57.3. The van der Waals surface area contributed by atoms with Gasteiger partial charge in [0, 0.05) is 25.7 Å². The molecule has 4 unspecified atom stereocenters. The Morgan fingerprint density at radius 1 is 0.318 bits per heavy atom. The minimum atomic E-state index is -4.95. The number of carbonyl (C=O) groups is 4. The summed E-state index contributed by atoms with van der Waals surface area (Å²) >= 11 is 0. The Hall–Kier alpha value is -1.94. The summed E-state index contributed by atoms with van der Waals surface area (Å²) in [7, 11) is -9.90. The molecule has 0 amide bonds. The van der Waals surface area contributed by atoms with Crippen molar-refractivity contribution in [1.82, 2.24) is 0 Å². The SMILES string of the molecule is CCC(C)CCCCCCCCC(=O)O[C@H](COC(=O)CCCCCCCCCCC(C)C)COP(=O)(O)OCC(O)COP(=O)(O)OC[C@@H](COC(=O)CCCCCCCCCCCCCCCCCC(C)C)OC(=O)CCCCCCCCC(C)C. The topological polar surface area (TPSA) is 237 Å². The first kappa shape index (κ1) is 86.1. The molecule has 19 heteroatoms. The predicted octanol–water partition coefficient (Wildman–Crippen LogP) is 19.3. The van der Waals surface area contributed by atoms with Crippen LogP contribution in [0.3, 0.4) is 0 Å². The number of unbranched alkanes of at least 4 members (excludes halogenated alkanes) is 31. The number of aliphatic hydroxyl groups excluding tert-OH is 1. The second kappa shape index (κ2) is 58.8. The highest BCUT2D eigenvalue weighted by molar-refractivity contribution is 7.47. The number of aliphatic hydroxyl groups is 1. The molecule has 0 aliphatic rings. The van der Waals surface area contributed by atoms with E-state index in [4.69, 9.17) is 37.0 Å². The van der Waals surface area contributed by atoms with Crippen LogP contribution in [0.25, 0.3) is 0 Å². The number of hydrogen-bond donors (Lipinski definition) is 3. The highest BCUT2D eigenvalue weighted by Gasteiger charge is 2.30. The molecule has 6 atom stereocenters. The van der Waals surface area contributed by atoms with Gasteiger partial charge in [0.05, 0.1) is 26.4 Å². The van der Waals surface area contributed by atoms with Gasteiger partial charge in [-0.05, 0) is 49.4 Å². The summed E-state index contributed by atoms with van der Waals surface area (Å²) in [4.78, 5) is 72.4. The van der Waals surface area contributed by atoms with Crippen LogP contribution in [0, 0.1) is 23.7 Å². The highest BCUT2D eigenvalue weighted by Crippen LogP contribution is 2.45. The van der Waals surface area contributed by atoms with Gasteiger partial charge in [0.15, 0.2) is 12.2 Å². The van der Waals surface area contributed by atoms with E-state index in [1.54, 1.807) is 0 Å². The Morgan fingerprint density at radius 3 is 0.807 bits per heavy atom. The third-order valence-electron chi connectivity index (χ3n) is 16.2. The molecule has 0 aliphatic heterocycles. The van der Waals surface area contributed by atoms with E-state index in [0.717, 1.165) is 108 Å². The van der Waals surface area contributed by atoms with Crippen LogP contribution < -0.4 is 0 Å². The molecule has 0 spiro atoms. The summed E-state index contributed by atoms with van der Waals surface area (Å²) in [5.41, 5.74) is 0. The first-order valence-electron chi connectivity index (χ1n) is 35.7. The molecule has 3 N–H and O–H groups in total. The molecular formula is C69H134O17P2. The number of phosphoric ester groups is 2. The van der Waals surface area contributed by atoms with E-state index < -0.39 is 97.5 Å². The van der Waals surface area contributed by atoms with Crippen molar-refractivity contribution in [3.05, 3.63) is 0 Å². The molecule has 0 aromatic heterocycles. The van der Waals surface area contributed by atoms with Crippen molar-refractivity contribution in [3.63, 3.8) is 0 Å². The van der Waals surface area contributed by atoms with Crippen molar-refractivity contribution in [3.8, 4) is 0 Å². The van der Waals surface area contributed by atoms with E-state index in [1.807, 2.05) is 0 Å². The molecule has 17 nitrogen and oxygen atoms in total. The fourth-order valence-electron chi connectivity index (χ4n) is 10.3. The van der Waals surface area contributed by atoms with Crippen LogP contribution in [0.1, 0.15) is 338 Å². The Morgan fingerprint density at radius 2 is 0.545 bits per heavy atom. The second-order valence-corrected chi connectivity index (χ2v) is 29.5. The maximum atomic E-state index is 13.0. The predicted molar refractivity (Wildman–Crippen MR) is 354 cm³/mol. The van der Waals surface area contributed by atoms with E-state index in [2.05, 4.69) is 55.4 Å². The van der Waals surface area contributed by atoms with E-state index in [0.29, 0.717) is 31.6 Å². The fourth-order valence-corrected chi connectivity index (χ4v) is 11.9. The summed E-state index contributed by atoms with van der Waals surface area (Å²) in [6.45, 7) is 14.0. The van der Waals surface area contributed by atoms with Crippen LogP contribution in [-0.2, 0) is 65.4 Å². The molecule has 0 bridgehead atoms. The van der Waals surface area contributed by atoms with Gasteiger partial charge in [0.1, 0.15) is 19.3 Å². The zero-order valence-corrected chi connectivity index (χ0v) is 59.1. The summed E-state index contributed by atoms with van der Waals surface area (Å²) in [5, 5.41) is 10.6. The number of phosphoric acid groups is 2. The monoisotopic (exact) mass is 1300 g/mol. The largest absolute Gasteiger partial charge is 0.472 e. The van der Waals surface area contributed by atoms with Gasteiger partial charge in [-0.2, -0.15) is 0 Å². The maximum absolute atomic E-state index is 13.0. The molecule has 0 rings (SSSR count). The van der Waals surface area contributed by atoms with Gasteiger partial charge in [-0.3, -0.25) is 37.3 Å². The average Bonchev–Trinajstić information content (AvgIpc) is 3.57. The van der Waals surface area contributed by atoms with Gasteiger partial charge in [0.25, 0.3) is 0 Å². The van der Waals surface area contributed by atoms with Gasteiger partial charge in [-0.1, -0.05) is 287 Å². The van der Waals surface area contributed by atoms with Crippen LogP contribution in [0.2, 0.25) is 0 Å². The van der Waals surface area contributed by atoms with Crippen LogP contribution in [-0.4, -0.2) is 96.7 Å². The normalized spacial score (nSPS) is 14.6. The number of hydrogen-bond acceptors (Lipinski definition) is 15. The lowest BCUT2D eigenvalue weighted by molar-refractivity contribution is -0.161. The van der Waals surface area contributed by atoms with Gasteiger partial charge in [0.2, 0.25) is 0 Å². The molecule has 0 aromatic rings. The smallest absolute Gasteiger partial charge is 0.462 e. The molecule has 522 valence electrons. The van der Waals surface area contributed by atoms with Crippen molar-refractivity contribution in [2.24, 2.45) is 23.7 Å². The summed E-state index contributed by atoms with van der Waals surface area (Å²) < 4.78 is 68.1. The van der Waals surface area contributed by atoms with Crippen molar-refractivity contribution in [2.45, 2.75) is 356 Å². The van der Waals surface area contributed by atoms with Crippen LogP contribution in [0.4, 0.5) is 0 Å². The van der Waals surface area contributed by atoms with Crippen LogP contribution >= 0.6 is 15.6 Å². The highest BCUT2D eigenvalue weighted by atomic mass is 31.2. The van der Waals surface area contributed by atoms with Crippen molar-refractivity contribution in [1.29, 1.82) is 0 Å². The number of ether oxygens (including phenoxy) is 4. The number of esters is 4. The standard InChI is InChI=1S/C69H134O17P2/c1-9-62(8)48-40-32-26-28-36-44-52-69(74)86-65(56-80-67(72)50-42-34-24-20-19-22-30-38-46-60(4)5)58-84-88(77,78)82-54-63(70)53-81-87(75,76)83-57-64(85-68(73)51-43-35-27-25-31-39-47-61(6)7)55-79-66(71)49-41-33-23-18-16-14-12-10-11-13-15-17-21-29-37-45-59(2)3/h59-65,70H,9-58H2,1-8H3,(H,75,76)(H,77,78)/t62?,63?,64-,65-/m1/s1. The molecule has 0 fully saturated rings. The molecule has 88 heavy (non-hydrogen) atoms. The van der Waals surface area contributed by atoms with E-state index >= 15 is 0 Å². The molecule has 0 aliphatic carbocycles. The van der Waals surface area contributed by atoms with Gasteiger partial charge in [-0.25, -0.2) is 9.13 Å². The van der Waals surface area contributed by atoms with E-state index in [1.165, 1.54) is 141 Å². The number of rotatable bonds is 66. The van der Waals surface area contributed by atoms with E-state index in [9.17, 15) is 43.2 Å². The van der Waals surface area contributed by atoms with Crippen LogP contribution in [0.15, 0.2) is 0 Å². The van der Waals surface area contributed by atoms with Gasteiger partial charge in [-0.15, -0.1) is 0 Å². The minimum absolute atomic E-state index is 0.102. The zero-order chi connectivity index (χ0) is 65.4. The number of carbonyl (C=O) groups excluding carboxylic acids is 4. The lowest BCUT2D eigenvalue weighted by Crippen LogP contribution is -2.30. The average molecular weight is 1300 g/mol. The molecule has 0 radical (unpaired) electrons. The molecule has 0 heterocycles. The van der Waals surface area contributed by atoms with Crippen molar-refractivity contribution < 1.29 is 80.2 Å². The Kier molecular flexibility index (Phi) is 57.6. The lowest BCUT2D eigenvalue weighted by Gasteiger charge is -2.21. The van der Waals surface area contributed by atoms with Gasteiger partial charge < -0.3 is 33.8 Å². The molecule has 0 saturated heterocycles. The van der Waals surface area contributed by atoms with Gasteiger partial charge >= 0.3 is 39.5 Å². The lowest BCUT2D eigenvalue weighted by atomic mass is 10.00. The Bertz CT molecular complexity index is 1750. The first-order valence-corrected chi connectivity index (χ1v) is 38.7. The Labute approximate surface area is 537 Å². The van der Waals surface area contributed by atoms with Crippen LogP contribution in [0.5, 0.6) is 0 Å². The first-order chi connectivity index (χ1) is 42.1. The maximum Gasteiger partial charge on any atom is 0.472 e. The minimum Gasteiger partial charge on any atom is -0.462 e. The second-order valence-electron chi connectivity index (χ2n) is 26.6. The molecule has 0 saturated carbocycles. The summed E-state index contributed by atoms with van der Waals surface area (Å²) in [5.74, 6) is 0.784. The molecular weight excluding hydrogens is 1160 g/mol. The quantitative estimate of drug-likeness (QED) is 0.0222. The third-order valence-corrected chi connectivity index (χ3v) is 18.1. The summed E-state index contributed by atoms with van der Waals surface area (Å²) in [6, 6.07) is 0. The van der Waals surface area contributed by atoms with Crippen molar-refractivity contribution >= 4 is 39.5 Å². The van der Waals surface area contributed by atoms with Crippen molar-refractivity contribution in [2.75, 3.05) is 39.6 Å².